The van der Waals surface area contributed by atoms with E-state index in [4.69, 9.17) is 9.47 Å². The Kier molecular flexibility index (Phi) is 6.69. The third-order valence-electron chi connectivity index (χ3n) is 3.12. The predicted octanol–water partition coefficient (Wildman–Crippen LogP) is 4.00. The van der Waals surface area contributed by atoms with Crippen molar-refractivity contribution in [2.24, 2.45) is 0 Å². The minimum atomic E-state index is 0.130. The van der Waals surface area contributed by atoms with Gasteiger partial charge in [-0.05, 0) is 65.2 Å². The molecule has 0 radical (unpaired) electrons. The summed E-state index contributed by atoms with van der Waals surface area (Å²) in [6, 6.07) is 4.40. The summed E-state index contributed by atoms with van der Waals surface area (Å²) in [5.74, 6) is 0.988. The summed E-state index contributed by atoms with van der Waals surface area (Å²) in [7, 11) is 0. The van der Waals surface area contributed by atoms with Crippen molar-refractivity contribution in [3.05, 3.63) is 28.8 Å². The molecule has 0 heterocycles. The lowest BCUT2D eigenvalue weighted by Crippen LogP contribution is -2.35. The molecule has 1 rings (SSSR count). The van der Waals surface area contributed by atoms with Gasteiger partial charge in [-0.3, -0.25) is 0 Å². The van der Waals surface area contributed by atoms with E-state index in [9.17, 15) is 0 Å². The van der Waals surface area contributed by atoms with E-state index in [-0.39, 0.29) is 11.6 Å². The van der Waals surface area contributed by atoms with Crippen molar-refractivity contribution in [2.45, 2.75) is 66.7 Å². The number of hydrogen-bond acceptors (Lipinski definition) is 3. The molecule has 120 valence electrons. The molecule has 1 aromatic carbocycles. The van der Waals surface area contributed by atoms with E-state index in [1.165, 1.54) is 16.7 Å². The van der Waals surface area contributed by atoms with Crippen LogP contribution >= 0.6 is 0 Å². The first-order chi connectivity index (χ1) is 9.69. The average molecular weight is 293 g/mol. The van der Waals surface area contributed by atoms with Crippen molar-refractivity contribution in [1.29, 1.82) is 0 Å². The van der Waals surface area contributed by atoms with Crippen molar-refractivity contribution in [3.8, 4) is 5.75 Å². The quantitative estimate of drug-likeness (QED) is 0.771. The Labute approximate surface area is 130 Å². The van der Waals surface area contributed by atoms with Crippen LogP contribution in [0.4, 0.5) is 0 Å². The standard InChI is InChI=1S/C18H31NO2/c1-13(2)20-8-9-21-17-14(3)10-16(11-15(17)4)12-19-18(5,6)7/h10-11,13,19H,8-9,12H2,1-7H3. The summed E-state index contributed by atoms with van der Waals surface area (Å²) >= 11 is 0. The Morgan fingerprint density at radius 2 is 1.62 bits per heavy atom. The van der Waals surface area contributed by atoms with E-state index < -0.39 is 0 Å². The largest absolute Gasteiger partial charge is 0.491 e. The van der Waals surface area contributed by atoms with Gasteiger partial charge >= 0.3 is 0 Å². The molecule has 0 atom stereocenters. The molecule has 0 amide bonds. The summed E-state index contributed by atoms with van der Waals surface area (Å²) in [6.07, 6.45) is 0.252. The Morgan fingerprint density at radius 1 is 1.05 bits per heavy atom. The van der Waals surface area contributed by atoms with Gasteiger partial charge in [-0.25, -0.2) is 0 Å². The van der Waals surface area contributed by atoms with Crippen LogP contribution in [0.2, 0.25) is 0 Å². The molecule has 0 unspecified atom stereocenters. The first kappa shape index (κ1) is 18.0. The second kappa shape index (κ2) is 7.81. The van der Waals surface area contributed by atoms with Crippen molar-refractivity contribution >= 4 is 0 Å². The second-order valence-corrected chi connectivity index (χ2v) is 6.93. The van der Waals surface area contributed by atoms with E-state index in [1.807, 2.05) is 13.8 Å². The van der Waals surface area contributed by atoms with E-state index in [0.717, 1.165) is 12.3 Å². The van der Waals surface area contributed by atoms with Gasteiger partial charge in [0.1, 0.15) is 12.4 Å². The zero-order valence-electron chi connectivity index (χ0n) is 14.7. The molecule has 0 saturated carbocycles. The fourth-order valence-corrected chi connectivity index (χ4v) is 2.16. The van der Waals surface area contributed by atoms with Gasteiger partial charge in [-0.15, -0.1) is 0 Å². The van der Waals surface area contributed by atoms with Crippen LogP contribution in [0.5, 0.6) is 5.75 Å². The van der Waals surface area contributed by atoms with E-state index in [0.29, 0.717) is 13.2 Å². The topological polar surface area (TPSA) is 30.5 Å². The molecule has 0 aliphatic carbocycles. The van der Waals surface area contributed by atoms with E-state index in [2.05, 4.69) is 52.1 Å². The normalized spacial score (nSPS) is 12.0. The number of benzene rings is 1. The lowest BCUT2D eigenvalue weighted by Gasteiger charge is -2.21. The number of aryl methyl sites for hydroxylation is 2. The Hall–Kier alpha value is -1.06. The van der Waals surface area contributed by atoms with Crippen LogP contribution in [0, 0.1) is 13.8 Å². The van der Waals surface area contributed by atoms with Gasteiger partial charge in [-0.1, -0.05) is 12.1 Å². The number of ether oxygens (including phenoxy) is 2. The van der Waals surface area contributed by atoms with Crippen LogP contribution in [-0.4, -0.2) is 24.9 Å². The fourth-order valence-electron chi connectivity index (χ4n) is 2.16. The predicted molar refractivity (Wildman–Crippen MR) is 89.1 cm³/mol. The highest BCUT2D eigenvalue weighted by Gasteiger charge is 2.11. The molecule has 0 aliphatic heterocycles. The molecule has 0 fully saturated rings. The van der Waals surface area contributed by atoms with Gasteiger partial charge in [0.15, 0.2) is 0 Å². The molecule has 0 bridgehead atoms. The summed E-state index contributed by atoms with van der Waals surface area (Å²) in [6.45, 7) is 16.9. The van der Waals surface area contributed by atoms with Crippen LogP contribution in [0.1, 0.15) is 51.3 Å². The summed E-state index contributed by atoms with van der Waals surface area (Å²) in [4.78, 5) is 0. The minimum absolute atomic E-state index is 0.130. The molecular formula is C18H31NO2. The lowest BCUT2D eigenvalue weighted by molar-refractivity contribution is 0.0550. The van der Waals surface area contributed by atoms with Gasteiger partial charge in [0.25, 0.3) is 0 Å². The van der Waals surface area contributed by atoms with Crippen molar-refractivity contribution < 1.29 is 9.47 Å². The van der Waals surface area contributed by atoms with E-state index in [1.54, 1.807) is 0 Å². The number of nitrogens with one attached hydrogen (secondary N) is 1. The Bertz CT molecular complexity index is 424. The van der Waals surface area contributed by atoms with Crippen molar-refractivity contribution in [1.82, 2.24) is 5.32 Å². The maximum Gasteiger partial charge on any atom is 0.125 e. The lowest BCUT2D eigenvalue weighted by atomic mass is 10.0. The third-order valence-corrected chi connectivity index (χ3v) is 3.12. The fraction of sp³-hybridized carbons (Fsp3) is 0.667. The minimum Gasteiger partial charge on any atom is -0.491 e. The molecule has 21 heavy (non-hydrogen) atoms. The zero-order chi connectivity index (χ0) is 16.0. The molecule has 0 aromatic heterocycles. The van der Waals surface area contributed by atoms with Crippen LogP contribution in [0.3, 0.4) is 0 Å². The molecule has 1 aromatic rings. The molecule has 3 nitrogen and oxygen atoms in total. The van der Waals surface area contributed by atoms with E-state index >= 15 is 0 Å². The summed E-state index contributed by atoms with van der Waals surface area (Å²) < 4.78 is 11.4. The van der Waals surface area contributed by atoms with Gasteiger partial charge in [0.2, 0.25) is 0 Å². The molecule has 0 saturated heterocycles. The van der Waals surface area contributed by atoms with Gasteiger partial charge in [0.05, 0.1) is 12.7 Å². The van der Waals surface area contributed by atoms with Crippen LogP contribution < -0.4 is 10.1 Å². The maximum absolute atomic E-state index is 5.87. The van der Waals surface area contributed by atoms with Gasteiger partial charge in [0, 0.05) is 12.1 Å². The first-order valence-corrected chi connectivity index (χ1v) is 7.78. The van der Waals surface area contributed by atoms with Crippen molar-refractivity contribution in [3.63, 3.8) is 0 Å². The average Bonchev–Trinajstić information content (AvgIpc) is 2.33. The molecule has 0 spiro atoms. The highest BCUT2D eigenvalue weighted by Crippen LogP contribution is 2.25. The van der Waals surface area contributed by atoms with Crippen LogP contribution in [-0.2, 0) is 11.3 Å². The maximum atomic E-state index is 5.87. The highest BCUT2D eigenvalue weighted by molar-refractivity contribution is 5.43. The highest BCUT2D eigenvalue weighted by atomic mass is 16.5. The number of rotatable bonds is 7. The second-order valence-electron chi connectivity index (χ2n) is 6.93. The molecule has 3 heteroatoms. The summed E-state index contributed by atoms with van der Waals surface area (Å²) in [5.41, 5.74) is 3.80. The monoisotopic (exact) mass is 293 g/mol. The SMILES string of the molecule is Cc1cc(CNC(C)(C)C)cc(C)c1OCCOC(C)C. The van der Waals surface area contributed by atoms with Gasteiger partial charge in [-0.2, -0.15) is 0 Å². The molecule has 0 aliphatic rings. The van der Waals surface area contributed by atoms with Gasteiger partial charge < -0.3 is 14.8 Å². The third kappa shape index (κ3) is 6.96. The van der Waals surface area contributed by atoms with Crippen LogP contribution in [0.15, 0.2) is 12.1 Å². The molecule has 1 N–H and O–H groups in total. The number of hydrogen-bond donors (Lipinski definition) is 1. The zero-order valence-corrected chi connectivity index (χ0v) is 14.7. The van der Waals surface area contributed by atoms with Crippen LogP contribution in [0.25, 0.3) is 0 Å². The Balaban J connectivity index is 2.63. The molecular weight excluding hydrogens is 262 g/mol. The summed E-state index contributed by atoms with van der Waals surface area (Å²) in [5, 5.41) is 3.52. The Morgan fingerprint density at radius 3 is 2.10 bits per heavy atom. The first-order valence-electron chi connectivity index (χ1n) is 7.78. The smallest absolute Gasteiger partial charge is 0.125 e. The van der Waals surface area contributed by atoms with Crippen molar-refractivity contribution in [2.75, 3.05) is 13.2 Å².